The van der Waals surface area contributed by atoms with Gasteiger partial charge in [-0.2, -0.15) is 0 Å². The molecule has 0 radical (unpaired) electrons. The minimum absolute atomic E-state index is 0.0193. The smallest absolute Gasteiger partial charge is 0.352 e. The lowest BCUT2D eigenvalue weighted by Crippen LogP contribution is -2.26. The number of H-pyrrole nitrogens is 12. The van der Waals surface area contributed by atoms with Crippen molar-refractivity contribution in [2.45, 2.75) is 119 Å². The summed E-state index contributed by atoms with van der Waals surface area (Å²) in [7, 11) is 1.54. The minimum Gasteiger partial charge on any atom is -0.477 e. The molecule has 0 saturated carbocycles. The van der Waals surface area contributed by atoms with Crippen molar-refractivity contribution in [1.29, 1.82) is 0 Å². The molecule has 14 heterocycles. The third kappa shape index (κ3) is 15.5. The van der Waals surface area contributed by atoms with Crippen LogP contribution in [0.15, 0.2) is 201 Å². The summed E-state index contributed by atoms with van der Waals surface area (Å²) in [5.74, 6) is -1.18. The van der Waals surface area contributed by atoms with Crippen LogP contribution in [0.1, 0.15) is 159 Å². The third-order valence-electron chi connectivity index (χ3n) is 24.2. The Kier molecular flexibility index (Phi) is 23.4. The summed E-state index contributed by atoms with van der Waals surface area (Å²) < 4.78 is 34.3. The standard InChI is InChI=1S/C30H30ClFN4O4.C26H25N3O.C23H21ClN4.C23H21FN4/c1-15(2)24-27(26-18-7-10-33-21(18)5-4-20(26)31)29(30(38)39)36-28(24)19-12-17(32)13-22-25(19)16(14-35-22)6-9-34-23(37)8-11-40-3;1-4-15(2)23-24(19-7-5-9-21-17(19)11-13-27-21)25(16(3)30)29-26(23)20-8-6-10-22-18(20)12-14-28-22;1-12(2)19-20(21-16-8-9-25-18(16)5-4-17(21)24)13(3)28-22(19)14-6-10-26-23-15(14)7-11-27-23;1-12(2)20-21(16-5-8-26-23-17(16)6-9-27-23)13(3)28-22(20)18-10-14(24)11-19-15(18)4-7-25-19/h4-5,7,10,12-15,33,35-36H,6,8-9,11H2,1-3H3,(H,34,37)(H,38,39);5-15,27-29H,4H2,1-3H3;2*4-12,25,28H,1-3H3,(H,26,27). The van der Waals surface area contributed by atoms with E-state index >= 15 is 0 Å². The van der Waals surface area contributed by atoms with Gasteiger partial charge in [0.25, 0.3) is 0 Å². The van der Waals surface area contributed by atoms with Crippen LogP contribution in [0.25, 0.3) is 177 Å². The average Bonchev–Trinajstić information content (AvgIpc) is 1.58. The molecular formula is C102H97Cl2F2N15O5. The number of fused-ring (bicyclic) bond motifs is 8. The normalized spacial score (nSPS) is 12.0. The Morgan fingerprint density at radius 2 is 0.897 bits per heavy atom. The van der Waals surface area contributed by atoms with E-state index in [9.17, 15) is 28.3 Å². The van der Waals surface area contributed by atoms with Crippen molar-refractivity contribution in [3.8, 4) is 89.5 Å². The molecule has 20 nitrogen and oxygen atoms in total. The first kappa shape index (κ1) is 84.3. The van der Waals surface area contributed by atoms with Crippen molar-refractivity contribution < 1.29 is 33.0 Å². The minimum atomic E-state index is -1.15. The summed E-state index contributed by atoms with van der Waals surface area (Å²) in [6.45, 7) is 23.8. The van der Waals surface area contributed by atoms with Gasteiger partial charge in [-0.15, -0.1) is 0 Å². The van der Waals surface area contributed by atoms with Crippen LogP contribution < -0.4 is 5.32 Å². The summed E-state index contributed by atoms with van der Waals surface area (Å²) in [5.41, 5.74) is 30.5. The molecule has 1 atom stereocenters. The summed E-state index contributed by atoms with van der Waals surface area (Å²) in [6.07, 6.45) is 20.6. The topological polar surface area (TPSA) is 308 Å². The monoisotopic (exact) mass is 1720 g/mol. The van der Waals surface area contributed by atoms with Gasteiger partial charge in [0.2, 0.25) is 5.91 Å². The molecule has 24 heteroatoms. The number of aromatic nitrogens is 14. The number of ketones is 1. The predicted molar refractivity (Wildman–Crippen MR) is 508 cm³/mol. The van der Waals surface area contributed by atoms with Crippen LogP contribution in [-0.2, 0) is 16.0 Å². The zero-order valence-corrected chi connectivity index (χ0v) is 73.4. The lowest BCUT2D eigenvalue weighted by atomic mass is 9.87. The number of amides is 1. The highest BCUT2D eigenvalue weighted by molar-refractivity contribution is 6.36. The van der Waals surface area contributed by atoms with E-state index < -0.39 is 11.8 Å². The van der Waals surface area contributed by atoms with E-state index in [1.807, 2.05) is 93.8 Å². The molecule has 0 aliphatic carbocycles. The second-order valence-electron chi connectivity index (χ2n) is 33.1. The molecule has 0 saturated heterocycles. The van der Waals surface area contributed by atoms with Crippen LogP contribution in [0, 0.1) is 25.5 Å². The fourth-order valence-electron chi connectivity index (χ4n) is 18.6. The number of methoxy groups -OCH3 is 1. The van der Waals surface area contributed by atoms with Crippen molar-refractivity contribution in [2.24, 2.45) is 0 Å². The van der Waals surface area contributed by atoms with Crippen LogP contribution in [0.4, 0.5) is 8.78 Å². The van der Waals surface area contributed by atoms with Crippen LogP contribution in [-0.4, -0.2) is 113 Å². The number of rotatable bonds is 21. The number of aromatic amines is 12. The first-order valence-electron chi connectivity index (χ1n) is 42.4. The molecule has 1 unspecified atom stereocenters. The summed E-state index contributed by atoms with van der Waals surface area (Å²) in [5, 5.41) is 22.6. The maximum Gasteiger partial charge on any atom is 0.352 e. The number of Topliss-reactive ketones (excluding diaryl/α,β-unsaturated/α-hetero) is 1. The number of carboxylic acid groups (broad SMARTS) is 1. The Bertz CT molecular complexity index is 7520. The molecule has 1 amide bonds. The second-order valence-corrected chi connectivity index (χ2v) is 33.9. The molecule has 0 aliphatic rings. The number of nitrogens with one attached hydrogen (secondary N) is 13. The Balaban J connectivity index is 0.000000120. The van der Waals surface area contributed by atoms with Crippen LogP contribution >= 0.6 is 23.2 Å². The summed E-state index contributed by atoms with van der Waals surface area (Å²) >= 11 is 13.5. The number of hydrogen-bond donors (Lipinski definition) is 14. The molecule has 6 aromatic carbocycles. The van der Waals surface area contributed by atoms with E-state index in [0.29, 0.717) is 70.0 Å². The van der Waals surface area contributed by atoms with E-state index in [2.05, 4.69) is 209 Å². The average molecular weight is 1720 g/mol. The first-order valence-corrected chi connectivity index (χ1v) is 43.2. The van der Waals surface area contributed by atoms with Gasteiger partial charge < -0.3 is 75.0 Å². The molecule has 20 rings (SSSR count). The lowest BCUT2D eigenvalue weighted by molar-refractivity contribution is -0.121. The number of aryl methyl sites for hydroxylation is 2. The largest absolute Gasteiger partial charge is 0.477 e. The fourth-order valence-corrected chi connectivity index (χ4v) is 19.1. The zero-order valence-electron chi connectivity index (χ0n) is 71.9. The number of ether oxygens (including phenoxy) is 1. The SMILES string of the molecule is CCC(C)c1c(-c2cccc3[nH]ccc23)[nH]c(C(C)=O)c1-c1cccc2[nH]ccc12.COCCC(=O)NCCc1c[nH]c2cc(F)cc(-c3[nH]c(C(=O)O)c(-c4c(Cl)ccc5[nH]ccc45)c3C(C)C)c12.Cc1[nH]c(-c2cc(F)cc3[nH]ccc23)c(C(C)C)c1-c1ccnc2[nH]ccc12.Cc1[nH]c(-c2ccnc3[nH]ccc23)c(C(C)C)c1-c1c(Cl)ccc2[nH]ccc12. The van der Waals surface area contributed by atoms with Gasteiger partial charge in [0.05, 0.1) is 35.1 Å². The first-order chi connectivity index (χ1) is 60.9. The molecule has 638 valence electrons. The lowest BCUT2D eigenvalue weighted by Gasteiger charge is -2.16. The highest BCUT2D eigenvalue weighted by atomic mass is 35.5. The van der Waals surface area contributed by atoms with Gasteiger partial charge in [-0.05, 0) is 205 Å². The van der Waals surface area contributed by atoms with Gasteiger partial charge >= 0.3 is 5.97 Å². The molecule has 0 spiro atoms. The van der Waals surface area contributed by atoms with E-state index in [0.717, 1.165) is 172 Å². The van der Waals surface area contributed by atoms with Gasteiger partial charge in [0.1, 0.15) is 28.6 Å². The quantitative estimate of drug-likeness (QED) is 0.0308. The van der Waals surface area contributed by atoms with Gasteiger partial charge in [0.15, 0.2) is 5.78 Å². The maximum absolute atomic E-state index is 15.0. The summed E-state index contributed by atoms with van der Waals surface area (Å²) in [4.78, 5) is 86.0. The molecule has 126 heavy (non-hydrogen) atoms. The number of carboxylic acids is 1. The van der Waals surface area contributed by atoms with Crippen molar-refractivity contribution >= 4 is 128 Å². The molecule has 14 N–H and O–H groups in total. The Morgan fingerprint density at radius 1 is 0.452 bits per heavy atom. The number of aromatic carboxylic acids is 1. The van der Waals surface area contributed by atoms with Crippen molar-refractivity contribution in [3.63, 3.8) is 0 Å². The fraction of sp³-hybridized carbons (Fsp3) is 0.206. The van der Waals surface area contributed by atoms with E-state index in [1.54, 1.807) is 38.6 Å². The van der Waals surface area contributed by atoms with Crippen molar-refractivity contribution in [1.82, 2.24) is 75.1 Å². The molecular weight excluding hydrogens is 1620 g/mol. The maximum atomic E-state index is 15.0. The number of carbonyl (C=O) groups is 3. The second kappa shape index (κ2) is 35.0. The van der Waals surface area contributed by atoms with Crippen LogP contribution in [0.2, 0.25) is 10.0 Å². The number of pyridine rings is 2. The number of carbonyl (C=O) groups excluding carboxylic acids is 2. The van der Waals surface area contributed by atoms with Crippen LogP contribution in [0.3, 0.4) is 0 Å². The van der Waals surface area contributed by atoms with Crippen molar-refractivity contribution in [2.75, 3.05) is 20.3 Å². The van der Waals surface area contributed by atoms with E-state index in [-0.39, 0.29) is 41.5 Å². The number of halogens is 4. The zero-order chi connectivity index (χ0) is 88.2. The highest BCUT2D eigenvalue weighted by Crippen LogP contribution is 2.51. The van der Waals surface area contributed by atoms with E-state index in [1.165, 1.54) is 46.0 Å². The van der Waals surface area contributed by atoms with E-state index in [4.69, 9.17) is 27.9 Å². The van der Waals surface area contributed by atoms with Gasteiger partial charge in [-0.25, -0.2) is 23.5 Å². The van der Waals surface area contributed by atoms with Gasteiger partial charge in [0, 0.05) is 242 Å². The highest BCUT2D eigenvalue weighted by Gasteiger charge is 2.33. The van der Waals surface area contributed by atoms with Crippen LogP contribution in [0.5, 0.6) is 0 Å². The number of hydrogen-bond acceptors (Lipinski definition) is 6. The number of benzene rings is 6. The van der Waals surface area contributed by atoms with Gasteiger partial charge in [-0.3, -0.25) is 9.59 Å². The number of nitrogens with zero attached hydrogens (tertiary/aromatic N) is 2. The molecule has 14 aromatic heterocycles. The molecule has 0 bridgehead atoms. The Labute approximate surface area is 734 Å². The van der Waals surface area contributed by atoms with Crippen molar-refractivity contribution in [3.05, 3.63) is 274 Å². The molecule has 20 aromatic rings. The van der Waals surface area contributed by atoms with Gasteiger partial charge in [-0.1, -0.05) is 103 Å². The summed E-state index contributed by atoms with van der Waals surface area (Å²) in [6, 6.07) is 44.6. The predicted octanol–water partition coefficient (Wildman–Crippen LogP) is 26.7. The third-order valence-corrected chi connectivity index (χ3v) is 24.9. The molecule has 0 aliphatic heterocycles. The Morgan fingerprint density at radius 3 is 1.48 bits per heavy atom. The Hall–Kier alpha value is -13.9. The molecule has 0 fully saturated rings.